The fraction of sp³-hybridized carbons (Fsp3) is 0.625. The number of rotatable bonds is 1. The monoisotopic (exact) mass is 246 g/mol. The summed E-state index contributed by atoms with van der Waals surface area (Å²) in [4.78, 5) is 0. The van der Waals surface area contributed by atoms with E-state index in [1.54, 1.807) is 0 Å². The van der Waals surface area contributed by atoms with Crippen LogP contribution in [0.3, 0.4) is 0 Å². The lowest BCUT2D eigenvalue weighted by molar-refractivity contribution is -0.132. The van der Waals surface area contributed by atoms with Crippen LogP contribution in [0.2, 0.25) is 0 Å². The molecule has 4 atom stereocenters. The molecule has 0 aromatic heterocycles. The Morgan fingerprint density at radius 2 is 1.72 bits per heavy atom. The summed E-state index contributed by atoms with van der Waals surface area (Å²) in [5, 5.41) is 21.9. The summed E-state index contributed by atoms with van der Waals surface area (Å²) in [5.74, 6) is 0.132. The second-order valence-corrected chi connectivity index (χ2v) is 6.82. The van der Waals surface area contributed by atoms with Crippen molar-refractivity contribution in [1.29, 1.82) is 0 Å². The maximum atomic E-state index is 11.2. The molecular weight excluding hydrogens is 224 g/mol. The minimum absolute atomic E-state index is 0.0307. The van der Waals surface area contributed by atoms with Crippen LogP contribution in [-0.2, 0) is 5.60 Å². The smallest absolute Gasteiger partial charge is 0.119 e. The van der Waals surface area contributed by atoms with Crippen molar-refractivity contribution in [2.24, 2.45) is 16.7 Å². The van der Waals surface area contributed by atoms with Gasteiger partial charge in [-0.3, -0.25) is 0 Å². The Morgan fingerprint density at radius 3 is 2.22 bits per heavy atom. The van der Waals surface area contributed by atoms with Gasteiger partial charge in [-0.2, -0.15) is 0 Å². The van der Waals surface area contributed by atoms with Crippen LogP contribution >= 0.6 is 0 Å². The molecule has 2 heteroatoms. The molecule has 3 rings (SSSR count). The third-order valence-electron chi connectivity index (χ3n) is 6.08. The Balaban J connectivity index is 2.16. The van der Waals surface area contributed by atoms with Crippen LogP contribution in [0.4, 0.5) is 0 Å². The van der Waals surface area contributed by atoms with Gasteiger partial charge in [-0.1, -0.05) is 51.1 Å². The molecule has 0 heterocycles. The Hall–Kier alpha value is -0.860. The molecule has 1 aromatic carbocycles. The molecule has 0 radical (unpaired) electrons. The van der Waals surface area contributed by atoms with E-state index < -0.39 is 11.7 Å². The quantitative estimate of drug-likeness (QED) is 0.800. The van der Waals surface area contributed by atoms with E-state index in [1.807, 2.05) is 30.3 Å². The summed E-state index contributed by atoms with van der Waals surface area (Å²) in [6.07, 6.45) is 1.31. The van der Waals surface area contributed by atoms with E-state index >= 15 is 0 Å². The van der Waals surface area contributed by atoms with Crippen molar-refractivity contribution in [3.8, 4) is 0 Å². The van der Waals surface area contributed by atoms with Crippen molar-refractivity contribution in [3.05, 3.63) is 35.9 Å². The van der Waals surface area contributed by atoms with Crippen molar-refractivity contribution >= 4 is 0 Å². The van der Waals surface area contributed by atoms with Crippen LogP contribution in [-0.4, -0.2) is 16.3 Å². The molecule has 0 aliphatic heterocycles. The van der Waals surface area contributed by atoms with Crippen molar-refractivity contribution in [2.75, 3.05) is 0 Å². The minimum atomic E-state index is -1.09. The van der Waals surface area contributed by atoms with E-state index in [9.17, 15) is 10.2 Å². The lowest BCUT2D eigenvalue weighted by Crippen LogP contribution is -2.47. The van der Waals surface area contributed by atoms with Gasteiger partial charge in [-0.25, -0.2) is 0 Å². The average molecular weight is 246 g/mol. The molecular formula is C16H22O2. The summed E-state index contributed by atoms with van der Waals surface area (Å²) in [6, 6.07) is 9.68. The van der Waals surface area contributed by atoms with Gasteiger partial charge in [0.2, 0.25) is 0 Å². The predicted molar refractivity (Wildman–Crippen MR) is 71.0 cm³/mol. The molecule has 98 valence electrons. The zero-order chi connectivity index (χ0) is 13.2. The summed E-state index contributed by atoms with van der Waals surface area (Å²) < 4.78 is 0. The van der Waals surface area contributed by atoms with E-state index in [2.05, 4.69) is 20.8 Å². The third-order valence-corrected chi connectivity index (χ3v) is 6.08. The van der Waals surface area contributed by atoms with E-state index in [0.29, 0.717) is 0 Å². The number of benzene rings is 1. The second-order valence-electron chi connectivity index (χ2n) is 6.82. The van der Waals surface area contributed by atoms with Gasteiger partial charge < -0.3 is 10.2 Å². The highest BCUT2D eigenvalue weighted by molar-refractivity contribution is 5.33. The van der Waals surface area contributed by atoms with Gasteiger partial charge in [0, 0.05) is 11.3 Å². The second kappa shape index (κ2) is 3.37. The van der Waals surface area contributed by atoms with E-state index in [1.165, 1.54) is 0 Å². The molecule has 2 fully saturated rings. The maximum absolute atomic E-state index is 11.2. The van der Waals surface area contributed by atoms with Gasteiger partial charge in [0.1, 0.15) is 5.60 Å². The van der Waals surface area contributed by atoms with Crippen LogP contribution in [0.5, 0.6) is 0 Å². The molecule has 1 aromatic rings. The van der Waals surface area contributed by atoms with Gasteiger partial charge >= 0.3 is 0 Å². The fourth-order valence-electron chi connectivity index (χ4n) is 4.52. The number of aliphatic hydroxyl groups is 2. The first-order valence-electron chi connectivity index (χ1n) is 6.81. The molecule has 0 spiro atoms. The van der Waals surface area contributed by atoms with Gasteiger partial charge in [-0.15, -0.1) is 0 Å². The topological polar surface area (TPSA) is 40.5 Å². The lowest BCUT2D eigenvalue weighted by atomic mass is 9.70. The minimum Gasteiger partial charge on any atom is -0.389 e. The summed E-state index contributed by atoms with van der Waals surface area (Å²) >= 11 is 0. The summed E-state index contributed by atoms with van der Waals surface area (Å²) in [5.41, 5.74) is -0.448. The number of fused-ring (bicyclic) bond motifs is 2. The van der Waals surface area contributed by atoms with Crippen LogP contribution in [0.25, 0.3) is 0 Å². The zero-order valence-corrected chi connectivity index (χ0v) is 11.4. The normalized spacial score (nSPS) is 45.4. The number of hydrogen-bond donors (Lipinski definition) is 2. The van der Waals surface area contributed by atoms with E-state index in [0.717, 1.165) is 18.4 Å². The summed E-state index contributed by atoms with van der Waals surface area (Å²) in [6.45, 7) is 6.50. The predicted octanol–water partition coefficient (Wildman–Crippen LogP) is 2.69. The molecule has 2 nitrogen and oxygen atoms in total. The van der Waals surface area contributed by atoms with E-state index in [4.69, 9.17) is 0 Å². The summed E-state index contributed by atoms with van der Waals surface area (Å²) in [7, 11) is 0. The molecule has 2 aliphatic rings. The van der Waals surface area contributed by atoms with Crippen molar-refractivity contribution in [1.82, 2.24) is 0 Å². The van der Waals surface area contributed by atoms with Crippen LogP contribution < -0.4 is 0 Å². The standard InChI is InChI=1S/C16H22O2/c1-14(2)12-9-10-15(14,3)13(17)16(12,18)11-7-5-4-6-8-11/h4-8,12-13,17-18H,9-10H2,1-3H3. The Kier molecular flexibility index (Phi) is 2.28. The molecule has 2 aliphatic carbocycles. The van der Waals surface area contributed by atoms with Gasteiger partial charge in [0.15, 0.2) is 0 Å². The molecule has 4 unspecified atom stereocenters. The highest BCUT2D eigenvalue weighted by Crippen LogP contribution is 2.71. The molecule has 0 amide bonds. The highest BCUT2D eigenvalue weighted by atomic mass is 16.3. The van der Waals surface area contributed by atoms with Crippen LogP contribution in [0, 0.1) is 16.7 Å². The molecule has 0 saturated heterocycles. The first kappa shape index (κ1) is 12.2. The van der Waals surface area contributed by atoms with Gasteiger partial charge in [0.25, 0.3) is 0 Å². The zero-order valence-electron chi connectivity index (χ0n) is 11.4. The molecule has 2 bridgehead atoms. The first-order chi connectivity index (χ1) is 8.35. The Bertz CT molecular complexity index is 467. The lowest BCUT2D eigenvalue weighted by Gasteiger charge is -2.40. The third kappa shape index (κ3) is 1.11. The van der Waals surface area contributed by atoms with Crippen molar-refractivity contribution in [3.63, 3.8) is 0 Å². The molecule has 2 saturated carbocycles. The Morgan fingerprint density at radius 1 is 1.11 bits per heavy atom. The highest BCUT2D eigenvalue weighted by Gasteiger charge is 2.72. The van der Waals surface area contributed by atoms with Crippen LogP contribution in [0.1, 0.15) is 39.2 Å². The first-order valence-corrected chi connectivity index (χ1v) is 6.81. The van der Waals surface area contributed by atoms with Crippen molar-refractivity contribution < 1.29 is 10.2 Å². The Labute approximate surface area is 109 Å². The molecule has 2 N–H and O–H groups in total. The SMILES string of the molecule is CC1(C)C2CCC1(C)C(O)C2(O)c1ccccc1. The molecule has 18 heavy (non-hydrogen) atoms. The largest absolute Gasteiger partial charge is 0.389 e. The maximum Gasteiger partial charge on any atom is 0.119 e. The van der Waals surface area contributed by atoms with Crippen molar-refractivity contribution in [2.45, 2.75) is 45.3 Å². The van der Waals surface area contributed by atoms with Gasteiger partial charge in [-0.05, 0) is 23.8 Å². The van der Waals surface area contributed by atoms with E-state index in [-0.39, 0.29) is 16.7 Å². The number of hydrogen-bond acceptors (Lipinski definition) is 2. The van der Waals surface area contributed by atoms with Gasteiger partial charge in [0.05, 0.1) is 6.10 Å². The fourth-order valence-corrected chi connectivity index (χ4v) is 4.52. The number of aliphatic hydroxyl groups excluding tert-OH is 1. The average Bonchev–Trinajstić information content (AvgIpc) is 2.65. The van der Waals surface area contributed by atoms with Crippen LogP contribution in [0.15, 0.2) is 30.3 Å².